The van der Waals surface area contributed by atoms with Gasteiger partial charge in [0.25, 0.3) is 0 Å². The van der Waals surface area contributed by atoms with E-state index in [1.807, 2.05) is 18.2 Å². The summed E-state index contributed by atoms with van der Waals surface area (Å²) < 4.78 is 0. The molecule has 0 saturated heterocycles. The minimum atomic E-state index is 0.349. The van der Waals surface area contributed by atoms with Crippen molar-refractivity contribution in [2.75, 3.05) is 16.8 Å². The number of anilines is 4. The van der Waals surface area contributed by atoms with Crippen LogP contribution in [0.2, 0.25) is 0 Å². The van der Waals surface area contributed by atoms with Gasteiger partial charge in [0.15, 0.2) is 0 Å². The molecule has 4 nitrogen and oxygen atoms in total. The highest BCUT2D eigenvalue weighted by Crippen LogP contribution is 2.19. The number of nitrogen functional groups attached to an aromatic ring is 2. The van der Waals surface area contributed by atoms with Gasteiger partial charge in [-0.1, -0.05) is 19.1 Å². The number of hydrogen-bond acceptors (Lipinski definition) is 4. The summed E-state index contributed by atoms with van der Waals surface area (Å²) in [6.07, 6.45) is 1.01. The van der Waals surface area contributed by atoms with Crippen molar-refractivity contribution >= 4 is 23.0 Å². The van der Waals surface area contributed by atoms with Gasteiger partial charge in [0.05, 0.1) is 5.69 Å². The van der Waals surface area contributed by atoms with Crippen molar-refractivity contribution in [3.05, 3.63) is 42.0 Å². The molecule has 0 spiro atoms. The standard InChI is InChI=1S/C13H16N4/c1-2-9-4-3-5-10(8-9)16-12-7-6-11(14)13(15)17-12/h3-8H,2,14H2,1H3,(H3,15,16,17). The predicted octanol–water partition coefficient (Wildman–Crippen LogP) is 2.55. The summed E-state index contributed by atoms with van der Waals surface area (Å²) in [7, 11) is 0. The summed E-state index contributed by atoms with van der Waals surface area (Å²) in [5.41, 5.74) is 14.0. The second-order valence-corrected chi connectivity index (χ2v) is 3.85. The molecule has 2 aromatic rings. The highest BCUT2D eigenvalue weighted by molar-refractivity contribution is 5.65. The number of aryl methyl sites for hydroxylation is 1. The van der Waals surface area contributed by atoms with Gasteiger partial charge in [0, 0.05) is 5.69 Å². The first kappa shape index (κ1) is 11.3. The Hall–Kier alpha value is -2.23. The Bertz CT molecular complexity index is 523. The van der Waals surface area contributed by atoms with E-state index < -0.39 is 0 Å². The minimum absolute atomic E-state index is 0.349. The van der Waals surface area contributed by atoms with Gasteiger partial charge in [0.1, 0.15) is 11.6 Å². The van der Waals surface area contributed by atoms with Gasteiger partial charge in [-0.05, 0) is 36.2 Å². The molecule has 0 fully saturated rings. The van der Waals surface area contributed by atoms with Gasteiger partial charge in [-0.3, -0.25) is 0 Å². The zero-order valence-corrected chi connectivity index (χ0v) is 9.77. The molecule has 1 aromatic heterocycles. The van der Waals surface area contributed by atoms with Crippen molar-refractivity contribution < 1.29 is 0 Å². The lowest BCUT2D eigenvalue weighted by Gasteiger charge is -2.08. The summed E-state index contributed by atoms with van der Waals surface area (Å²) >= 11 is 0. The molecule has 0 aliphatic heterocycles. The lowest BCUT2D eigenvalue weighted by Crippen LogP contribution is -2.01. The largest absolute Gasteiger partial charge is 0.396 e. The van der Waals surface area contributed by atoms with Crippen LogP contribution in [0, 0.1) is 0 Å². The van der Waals surface area contributed by atoms with Gasteiger partial charge in [-0.15, -0.1) is 0 Å². The van der Waals surface area contributed by atoms with E-state index in [0.29, 0.717) is 17.3 Å². The fraction of sp³-hybridized carbons (Fsp3) is 0.154. The van der Waals surface area contributed by atoms with Crippen LogP contribution in [0.5, 0.6) is 0 Å². The van der Waals surface area contributed by atoms with Gasteiger partial charge in [-0.2, -0.15) is 0 Å². The number of benzene rings is 1. The first-order chi connectivity index (χ1) is 8.19. The number of hydrogen-bond donors (Lipinski definition) is 3. The molecule has 0 aliphatic carbocycles. The lowest BCUT2D eigenvalue weighted by molar-refractivity contribution is 1.14. The Labute approximate surface area is 101 Å². The van der Waals surface area contributed by atoms with Crippen molar-refractivity contribution in [1.82, 2.24) is 4.98 Å². The van der Waals surface area contributed by atoms with Crippen LogP contribution in [0.3, 0.4) is 0 Å². The Kier molecular flexibility index (Phi) is 3.14. The normalized spacial score (nSPS) is 10.2. The fourth-order valence-corrected chi connectivity index (χ4v) is 1.57. The van der Waals surface area contributed by atoms with Gasteiger partial charge < -0.3 is 16.8 Å². The molecule has 0 unspecified atom stereocenters. The molecule has 0 radical (unpaired) electrons. The smallest absolute Gasteiger partial charge is 0.149 e. The monoisotopic (exact) mass is 228 g/mol. The van der Waals surface area contributed by atoms with Crippen LogP contribution in [-0.2, 0) is 6.42 Å². The van der Waals surface area contributed by atoms with Crippen molar-refractivity contribution in [2.45, 2.75) is 13.3 Å². The Morgan fingerprint density at radius 3 is 2.71 bits per heavy atom. The lowest BCUT2D eigenvalue weighted by atomic mass is 10.1. The van der Waals surface area contributed by atoms with Gasteiger partial charge in [-0.25, -0.2) is 4.98 Å². The molecule has 0 amide bonds. The second-order valence-electron chi connectivity index (χ2n) is 3.85. The molecule has 88 valence electrons. The van der Waals surface area contributed by atoms with E-state index in [9.17, 15) is 0 Å². The fourth-order valence-electron chi connectivity index (χ4n) is 1.57. The Morgan fingerprint density at radius 2 is 2.00 bits per heavy atom. The number of aromatic nitrogens is 1. The summed E-state index contributed by atoms with van der Waals surface area (Å²) in [6, 6.07) is 11.7. The van der Waals surface area contributed by atoms with E-state index in [1.54, 1.807) is 6.07 Å². The highest BCUT2D eigenvalue weighted by atomic mass is 15.0. The number of nitrogens with zero attached hydrogens (tertiary/aromatic N) is 1. The third kappa shape index (κ3) is 2.66. The predicted molar refractivity (Wildman–Crippen MR) is 72.2 cm³/mol. The van der Waals surface area contributed by atoms with E-state index >= 15 is 0 Å². The topological polar surface area (TPSA) is 77.0 Å². The SMILES string of the molecule is CCc1cccc(Nc2ccc(N)c(N)n2)c1. The molecule has 5 N–H and O–H groups in total. The van der Waals surface area contributed by atoms with E-state index in [0.717, 1.165) is 12.1 Å². The van der Waals surface area contributed by atoms with Crippen molar-refractivity contribution in [3.63, 3.8) is 0 Å². The second kappa shape index (κ2) is 4.74. The molecule has 0 bridgehead atoms. The molecule has 1 heterocycles. The highest BCUT2D eigenvalue weighted by Gasteiger charge is 2.00. The van der Waals surface area contributed by atoms with Crippen LogP contribution < -0.4 is 16.8 Å². The molecule has 4 heteroatoms. The maximum absolute atomic E-state index is 5.65. The number of rotatable bonds is 3. The summed E-state index contributed by atoms with van der Waals surface area (Å²) in [4.78, 5) is 4.17. The number of pyridine rings is 1. The maximum atomic E-state index is 5.65. The van der Waals surface area contributed by atoms with E-state index in [4.69, 9.17) is 11.5 Å². The van der Waals surface area contributed by atoms with E-state index in [2.05, 4.69) is 29.4 Å². The molecule has 0 atom stereocenters. The number of nitrogens with two attached hydrogens (primary N) is 2. The number of nitrogens with one attached hydrogen (secondary N) is 1. The van der Waals surface area contributed by atoms with Crippen molar-refractivity contribution in [3.8, 4) is 0 Å². The molecule has 17 heavy (non-hydrogen) atoms. The molecule has 0 aliphatic rings. The molecular formula is C13H16N4. The third-order valence-corrected chi connectivity index (χ3v) is 2.57. The van der Waals surface area contributed by atoms with Gasteiger partial charge in [0.2, 0.25) is 0 Å². The van der Waals surface area contributed by atoms with E-state index in [1.165, 1.54) is 5.56 Å². The average Bonchev–Trinajstić information content (AvgIpc) is 2.34. The van der Waals surface area contributed by atoms with Gasteiger partial charge >= 0.3 is 0 Å². The molecule has 1 aromatic carbocycles. The van der Waals surface area contributed by atoms with Crippen LogP contribution in [0.25, 0.3) is 0 Å². The molecule has 2 rings (SSSR count). The first-order valence-corrected chi connectivity index (χ1v) is 5.57. The summed E-state index contributed by atoms with van der Waals surface area (Å²) in [5.74, 6) is 1.05. The van der Waals surface area contributed by atoms with Crippen LogP contribution >= 0.6 is 0 Å². The maximum Gasteiger partial charge on any atom is 0.149 e. The minimum Gasteiger partial charge on any atom is -0.396 e. The summed E-state index contributed by atoms with van der Waals surface area (Å²) in [6.45, 7) is 2.12. The molecular weight excluding hydrogens is 212 g/mol. The summed E-state index contributed by atoms with van der Waals surface area (Å²) in [5, 5.41) is 3.20. The van der Waals surface area contributed by atoms with E-state index in [-0.39, 0.29) is 0 Å². The van der Waals surface area contributed by atoms with Crippen molar-refractivity contribution in [1.29, 1.82) is 0 Å². The van der Waals surface area contributed by atoms with Crippen LogP contribution in [0.1, 0.15) is 12.5 Å². The molecule has 0 saturated carbocycles. The Balaban J connectivity index is 2.22. The zero-order valence-electron chi connectivity index (χ0n) is 9.77. The third-order valence-electron chi connectivity index (χ3n) is 2.57. The van der Waals surface area contributed by atoms with Crippen LogP contribution in [0.4, 0.5) is 23.0 Å². The average molecular weight is 228 g/mol. The van der Waals surface area contributed by atoms with Crippen LogP contribution in [0.15, 0.2) is 36.4 Å². The first-order valence-electron chi connectivity index (χ1n) is 5.57. The van der Waals surface area contributed by atoms with Crippen molar-refractivity contribution in [2.24, 2.45) is 0 Å². The van der Waals surface area contributed by atoms with Crippen LogP contribution in [-0.4, -0.2) is 4.98 Å². The quantitative estimate of drug-likeness (QED) is 0.754. The Morgan fingerprint density at radius 1 is 1.18 bits per heavy atom. The zero-order chi connectivity index (χ0) is 12.3.